The number of rotatable bonds is 6. The molecular weight excluding hydrogens is 641 g/mol. The van der Waals surface area contributed by atoms with Crippen LogP contribution in [0, 0.1) is 0 Å². The minimum absolute atomic E-state index is 0.456. The molecule has 0 atom stereocenters. The molecular formula is C51H34N2. The molecule has 2 heterocycles. The maximum Gasteiger partial charge on any atom is 0.0900 e. The highest BCUT2D eigenvalue weighted by Gasteiger charge is 2.46. The van der Waals surface area contributed by atoms with Crippen molar-refractivity contribution in [3.63, 3.8) is 0 Å². The van der Waals surface area contributed by atoms with Gasteiger partial charge in [-0.1, -0.05) is 170 Å². The third-order valence-corrected chi connectivity index (χ3v) is 10.8. The Hall–Kier alpha value is -6.90. The van der Waals surface area contributed by atoms with Crippen LogP contribution < -0.4 is 0 Å². The summed E-state index contributed by atoms with van der Waals surface area (Å²) in [6.07, 6.45) is 1.83. The molecule has 2 nitrogen and oxygen atoms in total. The van der Waals surface area contributed by atoms with Crippen LogP contribution in [0.1, 0.15) is 22.3 Å². The fourth-order valence-electron chi connectivity index (χ4n) is 8.50. The lowest BCUT2D eigenvalue weighted by Gasteiger charge is -2.34. The fourth-order valence-corrected chi connectivity index (χ4v) is 8.50. The molecule has 248 valence electrons. The predicted molar refractivity (Wildman–Crippen MR) is 219 cm³/mol. The number of nitrogens with zero attached hydrogens (tertiary/aromatic N) is 2. The molecule has 0 amide bonds. The molecule has 10 rings (SSSR count). The van der Waals surface area contributed by atoms with Gasteiger partial charge in [-0.25, -0.2) is 4.98 Å². The summed E-state index contributed by atoms with van der Waals surface area (Å²) in [5.74, 6) is 0. The zero-order chi connectivity index (χ0) is 35.2. The van der Waals surface area contributed by atoms with Crippen molar-refractivity contribution in [1.29, 1.82) is 0 Å². The largest absolute Gasteiger partial charge is 0.255 e. The van der Waals surface area contributed by atoms with E-state index < -0.39 is 5.41 Å². The van der Waals surface area contributed by atoms with E-state index in [2.05, 4.69) is 187 Å². The van der Waals surface area contributed by atoms with Gasteiger partial charge in [-0.2, -0.15) is 0 Å². The van der Waals surface area contributed by atoms with Gasteiger partial charge in [0.25, 0.3) is 0 Å². The van der Waals surface area contributed by atoms with E-state index in [9.17, 15) is 0 Å². The first kappa shape index (κ1) is 30.9. The van der Waals surface area contributed by atoms with Gasteiger partial charge in [0.15, 0.2) is 0 Å². The molecule has 2 heteroatoms. The van der Waals surface area contributed by atoms with Gasteiger partial charge in [0, 0.05) is 11.6 Å². The molecule has 1 aliphatic carbocycles. The Labute approximate surface area is 309 Å². The summed E-state index contributed by atoms with van der Waals surface area (Å²) in [4.78, 5) is 9.88. The van der Waals surface area contributed by atoms with Crippen molar-refractivity contribution in [2.24, 2.45) is 0 Å². The van der Waals surface area contributed by atoms with Gasteiger partial charge < -0.3 is 0 Å². The van der Waals surface area contributed by atoms with Crippen LogP contribution in [0.3, 0.4) is 0 Å². The maximum absolute atomic E-state index is 5.21. The Morgan fingerprint density at radius 3 is 1.58 bits per heavy atom. The lowest BCUT2D eigenvalue weighted by atomic mass is 9.67. The van der Waals surface area contributed by atoms with Crippen molar-refractivity contribution in [3.05, 3.63) is 229 Å². The second-order valence-electron chi connectivity index (χ2n) is 13.7. The molecule has 0 unspecified atom stereocenters. The van der Waals surface area contributed by atoms with Crippen molar-refractivity contribution >= 4 is 10.9 Å². The Morgan fingerprint density at radius 1 is 0.340 bits per heavy atom. The monoisotopic (exact) mass is 674 g/mol. The summed E-state index contributed by atoms with van der Waals surface area (Å²) in [5, 5.41) is 1.11. The highest BCUT2D eigenvalue weighted by molar-refractivity contribution is 6.00. The van der Waals surface area contributed by atoms with E-state index in [-0.39, 0.29) is 0 Å². The second-order valence-corrected chi connectivity index (χ2v) is 13.7. The molecule has 0 N–H and O–H groups in total. The predicted octanol–water partition coefficient (Wildman–Crippen LogP) is 12.7. The van der Waals surface area contributed by atoms with Crippen molar-refractivity contribution in [3.8, 4) is 55.9 Å². The Bertz CT molecular complexity index is 2720. The number of hydrogen-bond donors (Lipinski definition) is 0. The minimum Gasteiger partial charge on any atom is -0.255 e. The van der Waals surface area contributed by atoms with Crippen LogP contribution in [-0.4, -0.2) is 9.97 Å². The molecule has 2 aromatic heterocycles. The first-order chi connectivity index (χ1) is 26.3. The average molecular weight is 675 g/mol. The highest BCUT2D eigenvalue weighted by atomic mass is 14.8. The Balaban J connectivity index is 1.17. The maximum atomic E-state index is 5.21. The number of aromatic nitrogens is 2. The van der Waals surface area contributed by atoms with Gasteiger partial charge in [0.05, 0.1) is 22.3 Å². The summed E-state index contributed by atoms with van der Waals surface area (Å²) < 4.78 is 0. The van der Waals surface area contributed by atoms with E-state index >= 15 is 0 Å². The number of fused-ring (bicyclic) bond motifs is 4. The molecule has 0 saturated heterocycles. The number of hydrogen-bond acceptors (Lipinski definition) is 2. The molecule has 0 aliphatic heterocycles. The van der Waals surface area contributed by atoms with Gasteiger partial charge in [-0.3, -0.25) is 4.98 Å². The Kier molecular flexibility index (Phi) is 7.40. The summed E-state index contributed by atoms with van der Waals surface area (Å²) in [7, 11) is 0. The van der Waals surface area contributed by atoms with E-state index in [0.29, 0.717) is 0 Å². The van der Waals surface area contributed by atoms with Crippen molar-refractivity contribution in [2.75, 3.05) is 0 Å². The van der Waals surface area contributed by atoms with Crippen LogP contribution in [0.15, 0.2) is 206 Å². The van der Waals surface area contributed by atoms with Crippen molar-refractivity contribution in [2.45, 2.75) is 5.41 Å². The third kappa shape index (κ3) is 5.03. The smallest absolute Gasteiger partial charge is 0.0900 e. The SMILES string of the molecule is c1ccc(-c2cc(-c3ccccn3)nc3cc(-c4ccccc4-c4ccc5c(c4)C(c4ccccc4)(c4ccccc4)c4ccccc4-5)ccc23)cc1. The molecule has 7 aromatic carbocycles. The zero-order valence-corrected chi connectivity index (χ0v) is 29.0. The fraction of sp³-hybridized carbons (Fsp3) is 0.0196. The van der Waals surface area contributed by atoms with Crippen LogP contribution in [0.5, 0.6) is 0 Å². The number of benzene rings is 7. The topological polar surface area (TPSA) is 25.8 Å². The third-order valence-electron chi connectivity index (χ3n) is 10.8. The number of pyridine rings is 2. The van der Waals surface area contributed by atoms with Crippen LogP contribution in [0.25, 0.3) is 66.8 Å². The molecule has 1 aliphatic rings. The van der Waals surface area contributed by atoms with Crippen LogP contribution in [0.2, 0.25) is 0 Å². The molecule has 0 fully saturated rings. The van der Waals surface area contributed by atoms with E-state index in [1.807, 2.05) is 24.4 Å². The summed E-state index contributed by atoms with van der Waals surface area (Å²) in [5.41, 5.74) is 16.9. The normalized spacial score (nSPS) is 12.7. The van der Waals surface area contributed by atoms with Gasteiger partial charge in [0.1, 0.15) is 0 Å². The Morgan fingerprint density at radius 2 is 0.906 bits per heavy atom. The minimum atomic E-state index is -0.456. The first-order valence-electron chi connectivity index (χ1n) is 18.2. The summed E-state index contributed by atoms with van der Waals surface area (Å²) in [6, 6.07) is 72.2. The van der Waals surface area contributed by atoms with Crippen LogP contribution >= 0.6 is 0 Å². The molecule has 0 spiro atoms. The summed E-state index contributed by atoms with van der Waals surface area (Å²) in [6.45, 7) is 0. The van der Waals surface area contributed by atoms with Crippen LogP contribution in [-0.2, 0) is 5.41 Å². The summed E-state index contributed by atoms with van der Waals surface area (Å²) >= 11 is 0. The quantitative estimate of drug-likeness (QED) is 0.175. The molecule has 0 radical (unpaired) electrons. The van der Waals surface area contributed by atoms with E-state index in [0.717, 1.165) is 39.0 Å². The van der Waals surface area contributed by atoms with E-state index in [1.165, 1.54) is 50.1 Å². The standard InChI is InChI=1S/C51H34N2/c1-4-16-35(17-5-1)45-34-50(48-26-14-15-31-52-48)53-49-33-37(28-30-44(45)49)41-23-11-10-22-40(41)36-27-29-43-42-24-12-13-25-46(42)51(47(43)32-36,38-18-6-2-7-19-38)39-20-8-3-9-21-39/h1-34H. The molecule has 0 saturated carbocycles. The van der Waals surface area contributed by atoms with Crippen molar-refractivity contribution < 1.29 is 0 Å². The molecule has 9 aromatic rings. The lowest BCUT2D eigenvalue weighted by Crippen LogP contribution is -2.28. The van der Waals surface area contributed by atoms with Gasteiger partial charge >= 0.3 is 0 Å². The molecule has 0 bridgehead atoms. The highest BCUT2D eigenvalue weighted by Crippen LogP contribution is 2.57. The first-order valence-corrected chi connectivity index (χ1v) is 18.2. The van der Waals surface area contributed by atoms with E-state index in [1.54, 1.807) is 0 Å². The van der Waals surface area contributed by atoms with Gasteiger partial charge in [-0.05, 0) is 97.1 Å². The average Bonchev–Trinajstić information content (AvgIpc) is 3.54. The lowest BCUT2D eigenvalue weighted by molar-refractivity contribution is 0.769. The van der Waals surface area contributed by atoms with E-state index in [4.69, 9.17) is 4.98 Å². The zero-order valence-electron chi connectivity index (χ0n) is 29.0. The van der Waals surface area contributed by atoms with Gasteiger partial charge in [-0.15, -0.1) is 0 Å². The second kappa shape index (κ2) is 12.7. The van der Waals surface area contributed by atoms with Gasteiger partial charge in [0.2, 0.25) is 0 Å². The van der Waals surface area contributed by atoms with Crippen LogP contribution in [0.4, 0.5) is 0 Å². The molecule has 53 heavy (non-hydrogen) atoms. The van der Waals surface area contributed by atoms with Crippen molar-refractivity contribution in [1.82, 2.24) is 9.97 Å².